The van der Waals surface area contributed by atoms with Crippen molar-refractivity contribution < 1.29 is 23.1 Å². The van der Waals surface area contributed by atoms with Crippen molar-refractivity contribution in [2.75, 3.05) is 22.5 Å². The molecule has 0 radical (unpaired) electrons. The van der Waals surface area contributed by atoms with Gasteiger partial charge in [-0.15, -0.1) is 0 Å². The Kier molecular flexibility index (Phi) is 9.31. The Morgan fingerprint density at radius 2 is 1.67 bits per heavy atom. The van der Waals surface area contributed by atoms with E-state index in [1.165, 1.54) is 31.4 Å². The Morgan fingerprint density at radius 3 is 2.33 bits per heavy atom. The molecule has 0 aliphatic carbocycles. The monoisotopic (exact) mass is 551 g/mol. The minimum Gasteiger partial charge on any atom is -0.508 e. The zero-order valence-electron chi connectivity index (χ0n) is 21.2. The molecule has 0 aliphatic rings. The number of carbonyl (C=O) groups is 1. The molecule has 0 saturated heterocycles. The van der Waals surface area contributed by atoms with Crippen molar-refractivity contribution in [2.45, 2.75) is 39.0 Å². The average molecular weight is 552 g/mol. The van der Waals surface area contributed by atoms with Gasteiger partial charge in [0.25, 0.3) is 10.0 Å². The van der Waals surface area contributed by atoms with E-state index in [-0.39, 0.29) is 41.5 Å². The molecule has 11 heteroatoms. The maximum absolute atomic E-state index is 13.4. The van der Waals surface area contributed by atoms with E-state index >= 15 is 0 Å². The molecule has 4 rings (SSSR count). The van der Waals surface area contributed by atoms with Crippen molar-refractivity contribution in [3.05, 3.63) is 66.7 Å². The SMILES string of the molecule is C.CCCC(C)C(=O)Nc1cccc(S(=O)(=O)Nc2nc3ccccc3nc2Nc2cc(O)cc(OC)c2)c1. The normalized spacial score (nSPS) is 11.8. The highest BCUT2D eigenvalue weighted by Gasteiger charge is 2.21. The minimum atomic E-state index is -4.12. The van der Waals surface area contributed by atoms with Crippen molar-refractivity contribution in [2.24, 2.45) is 5.92 Å². The number of nitrogens with zero attached hydrogens (tertiary/aromatic N) is 2. The van der Waals surface area contributed by atoms with E-state index in [1.807, 2.05) is 13.8 Å². The third kappa shape index (κ3) is 7.14. The van der Waals surface area contributed by atoms with Crippen LogP contribution in [0.5, 0.6) is 11.5 Å². The molecule has 1 aromatic heterocycles. The highest BCUT2D eigenvalue weighted by molar-refractivity contribution is 7.92. The van der Waals surface area contributed by atoms with Gasteiger partial charge in [0, 0.05) is 35.5 Å². The van der Waals surface area contributed by atoms with E-state index in [4.69, 9.17) is 4.74 Å². The van der Waals surface area contributed by atoms with Crippen molar-refractivity contribution in [3.63, 3.8) is 0 Å². The first-order chi connectivity index (χ1) is 18.2. The van der Waals surface area contributed by atoms with Gasteiger partial charge in [-0.05, 0) is 36.8 Å². The van der Waals surface area contributed by atoms with Crippen LogP contribution in [-0.2, 0) is 14.8 Å². The van der Waals surface area contributed by atoms with Crippen LogP contribution in [0, 0.1) is 5.92 Å². The number of amides is 1. The summed E-state index contributed by atoms with van der Waals surface area (Å²) in [5, 5.41) is 15.8. The first-order valence-electron chi connectivity index (χ1n) is 12.0. The van der Waals surface area contributed by atoms with Crippen molar-refractivity contribution in [1.82, 2.24) is 9.97 Å². The molecule has 0 aliphatic heterocycles. The third-order valence-electron chi connectivity index (χ3n) is 5.77. The Bertz CT molecular complexity index is 1580. The van der Waals surface area contributed by atoms with Crippen LogP contribution in [0.2, 0.25) is 0 Å². The fourth-order valence-corrected chi connectivity index (χ4v) is 4.88. The highest BCUT2D eigenvalue weighted by atomic mass is 32.2. The standard InChI is InChI=1S/C27H29N5O5S.CH4/c1-4-8-17(2)27(34)29-18-9-7-10-22(15-18)38(35,36)32-26-25(30-23-11-5-6-12-24(23)31-26)28-19-13-20(33)16-21(14-19)37-3;/h5-7,9-17,33H,4,8H2,1-3H3,(H,28,30)(H,29,34)(H,31,32);1H4. The lowest BCUT2D eigenvalue weighted by atomic mass is 10.1. The molecular formula is C28H33N5O5S. The molecule has 3 aromatic carbocycles. The number of benzene rings is 3. The lowest BCUT2D eigenvalue weighted by molar-refractivity contribution is -0.119. The lowest BCUT2D eigenvalue weighted by Crippen LogP contribution is -2.21. The van der Waals surface area contributed by atoms with Crippen LogP contribution in [0.4, 0.5) is 23.0 Å². The van der Waals surface area contributed by atoms with Gasteiger partial charge in [0.15, 0.2) is 11.6 Å². The van der Waals surface area contributed by atoms with Gasteiger partial charge in [0.1, 0.15) is 11.5 Å². The first kappa shape index (κ1) is 29.2. The number of hydrogen-bond donors (Lipinski definition) is 4. The summed E-state index contributed by atoms with van der Waals surface area (Å²) in [7, 11) is -2.66. The Hall–Kier alpha value is -4.38. The summed E-state index contributed by atoms with van der Waals surface area (Å²) in [5.74, 6) is 0.0545. The number of phenols is 1. The number of rotatable bonds is 10. The van der Waals surface area contributed by atoms with Crippen LogP contribution < -0.4 is 20.1 Å². The Labute approximate surface area is 228 Å². The number of methoxy groups -OCH3 is 1. The van der Waals surface area contributed by atoms with Crippen molar-refractivity contribution in [3.8, 4) is 11.5 Å². The number of fused-ring (bicyclic) bond motifs is 1. The van der Waals surface area contributed by atoms with E-state index in [0.717, 1.165) is 12.8 Å². The van der Waals surface area contributed by atoms with Gasteiger partial charge in [-0.1, -0.05) is 45.9 Å². The van der Waals surface area contributed by atoms with Crippen molar-refractivity contribution >= 4 is 50.0 Å². The molecule has 206 valence electrons. The number of aromatic nitrogens is 2. The topological polar surface area (TPSA) is 143 Å². The van der Waals surface area contributed by atoms with Crippen LogP contribution in [0.15, 0.2) is 71.6 Å². The Balaban J connectivity index is 0.00000420. The molecular weight excluding hydrogens is 518 g/mol. The lowest BCUT2D eigenvalue weighted by Gasteiger charge is -2.15. The zero-order valence-corrected chi connectivity index (χ0v) is 22.0. The molecule has 1 amide bonds. The van der Waals surface area contributed by atoms with E-state index in [1.54, 1.807) is 42.5 Å². The number of phenolic OH excluding ortho intramolecular Hbond substituents is 1. The van der Waals surface area contributed by atoms with Gasteiger partial charge in [-0.25, -0.2) is 18.4 Å². The second-order valence-corrected chi connectivity index (χ2v) is 10.4. The van der Waals surface area contributed by atoms with E-state index in [2.05, 4.69) is 25.3 Å². The smallest absolute Gasteiger partial charge is 0.263 e. The molecule has 1 heterocycles. The van der Waals surface area contributed by atoms with E-state index in [0.29, 0.717) is 28.2 Å². The molecule has 39 heavy (non-hydrogen) atoms. The maximum atomic E-state index is 13.4. The summed E-state index contributed by atoms with van der Waals surface area (Å²) >= 11 is 0. The van der Waals surface area contributed by atoms with Gasteiger partial charge in [-0.2, -0.15) is 0 Å². The molecule has 0 spiro atoms. The molecule has 4 N–H and O–H groups in total. The summed E-state index contributed by atoms with van der Waals surface area (Å²) in [6.07, 6.45) is 1.60. The van der Waals surface area contributed by atoms with Crippen LogP contribution in [-0.4, -0.2) is 36.5 Å². The number of ether oxygens (including phenoxy) is 1. The predicted molar refractivity (Wildman–Crippen MR) is 154 cm³/mol. The molecule has 0 fully saturated rings. The zero-order chi connectivity index (χ0) is 27.3. The largest absolute Gasteiger partial charge is 0.508 e. The molecule has 0 bridgehead atoms. The number of carbonyl (C=O) groups excluding carboxylic acids is 1. The summed E-state index contributed by atoms with van der Waals surface area (Å²) in [4.78, 5) is 21.4. The third-order valence-corrected chi connectivity index (χ3v) is 7.11. The van der Waals surface area contributed by atoms with Crippen LogP contribution in [0.25, 0.3) is 11.0 Å². The van der Waals surface area contributed by atoms with Gasteiger partial charge < -0.3 is 20.5 Å². The number of anilines is 4. The number of hydrogen-bond acceptors (Lipinski definition) is 8. The average Bonchev–Trinajstić information content (AvgIpc) is 2.88. The van der Waals surface area contributed by atoms with Crippen LogP contribution in [0.1, 0.15) is 34.1 Å². The number of para-hydroxylation sites is 2. The van der Waals surface area contributed by atoms with Gasteiger partial charge >= 0.3 is 0 Å². The molecule has 0 saturated carbocycles. The molecule has 1 unspecified atom stereocenters. The summed E-state index contributed by atoms with van der Waals surface area (Å²) < 4.78 is 34.5. The predicted octanol–water partition coefficient (Wildman–Crippen LogP) is 5.90. The molecule has 10 nitrogen and oxygen atoms in total. The number of aromatic hydroxyl groups is 1. The highest BCUT2D eigenvalue weighted by Crippen LogP contribution is 2.31. The van der Waals surface area contributed by atoms with Gasteiger partial charge in [0.05, 0.1) is 23.0 Å². The van der Waals surface area contributed by atoms with E-state index < -0.39 is 10.0 Å². The maximum Gasteiger partial charge on any atom is 0.263 e. The Morgan fingerprint density at radius 1 is 0.974 bits per heavy atom. The first-order valence-corrected chi connectivity index (χ1v) is 13.5. The summed E-state index contributed by atoms with van der Waals surface area (Å²) in [5.41, 5.74) is 1.81. The van der Waals surface area contributed by atoms with Crippen LogP contribution in [0.3, 0.4) is 0 Å². The van der Waals surface area contributed by atoms with Gasteiger partial charge in [0.2, 0.25) is 5.91 Å². The number of nitrogens with one attached hydrogen (secondary N) is 3. The molecule has 4 aromatic rings. The number of sulfonamides is 1. The summed E-state index contributed by atoms with van der Waals surface area (Å²) in [6.45, 7) is 3.83. The molecule has 1 atom stereocenters. The van der Waals surface area contributed by atoms with Crippen molar-refractivity contribution in [1.29, 1.82) is 0 Å². The van der Waals surface area contributed by atoms with Crippen LogP contribution >= 0.6 is 0 Å². The minimum absolute atomic E-state index is 0. The van der Waals surface area contributed by atoms with E-state index in [9.17, 15) is 18.3 Å². The fourth-order valence-electron chi connectivity index (χ4n) is 3.83. The fraction of sp³-hybridized carbons (Fsp3) is 0.250. The second-order valence-electron chi connectivity index (χ2n) is 8.77. The quantitative estimate of drug-likeness (QED) is 0.191. The van der Waals surface area contributed by atoms with Gasteiger partial charge in [-0.3, -0.25) is 9.52 Å². The summed E-state index contributed by atoms with van der Waals surface area (Å²) in [6, 6.07) is 17.6. The second kappa shape index (κ2) is 12.4.